The van der Waals surface area contributed by atoms with Gasteiger partial charge in [0.2, 0.25) is 0 Å². The topological polar surface area (TPSA) is 38.5 Å². The van der Waals surface area contributed by atoms with Crippen molar-refractivity contribution in [2.45, 2.75) is 12.8 Å². The Labute approximate surface area is 97.2 Å². The summed E-state index contributed by atoms with van der Waals surface area (Å²) in [6, 6.07) is 6.54. The first-order valence-electron chi connectivity index (χ1n) is 5.93. The third-order valence-electron chi connectivity index (χ3n) is 3.05. The van der Waals surface area contributed by atoms with E-state index in [0.29, 0.717) is 0 Å². The van der Waals surface area contributed by atoms with Crippen LogP contribution in [0.3, 0.4) is 0 Å². The Bertz CT molecular complexity index is 352. The molecule has 0 aromatic heterocycles. The zero-order valence-electron chi connectivity index (χ0n) is 9.91. The van der Waals surface area contributed by atoms with Gasteiger partial charge in [-0.15, -0.1) is 0 Å². The molecule has 2 N–H and O–H groups in total. The van der Waals surface area contributed by atoms with Crippen molar-refractivity contribution in [2.24, 2.45) is 5.73 Å². The van der Waals surface area contributed by atoms with Gasteiger partial charge in [-0.2, -0.15) is 0 Å². The van der Waals surface area contributed by atoms with Crippen LogP contribution in [0.5, 0.6) is 5.75 Å². The van der Waals surface area contributed by atoms with E-state index in [9.17, 15) is 0 Å². The van der Waals surface area contributed by atoms with E-state index in [1.807, 2.05) is 0 Å². The zero-order chi connectivity index (χ0) is 11.4. The highest BCUT2D eigenvalue weighted by molar-refractivity contribution is 5.39. The maximum atomic E-state index is 5.51. The number of likely N-dealkylation sites (N-methyl/N-ethyl adjacent to an activating group) is 1. The summed E-state index contributed by atoms with van der Waals surface area (Å²) in [4.78, 5) is 2.27. The van der Waals surface area contributed by atoms with Crippen LogP contribution in [0.2, 0.25) is 0 Å². The Kier molecular flexibility index (Phi) is 3.80. The van der Waals surface area contributed by atoms with Gasteiger partial charge in [0.1, 0.15) is 5.75 Å². The number of nitrogens with two attached hydrogens (primary N) is 1. The second kappa shape index (κ2) is 5.32. The molecule has 3 heteroatoms. The van der Waals surface area contributed by atoms with Crippen LogP contribution in [0.25, 0.3) is 0 Å². The summed E-state index contributed by atoms with van der Waals surface area (Å²) in [6.07, 6.45) is 2.14. The average Bonchev–Trinajstić information content (AvgIpc) is 2.74. The van der Waals surface area contributed by atoms with Gasteiger partial charge < -0.3 is 15.4 Å². The molecule has 3 nitrogen and oxygen atoms in total. The van der Waals surface area contributed by atoms with Gasteiger partial charge in [0.25, 0.3) is 0 Å². The largest absolute Gasteiger partial charge is 0.493 e. The molecule has 1 aromatic rings. The van der Waals surface area contributed by atoms with Crippen molar-refractivity contribution >= 4 is 0 Å². The van der Waals surface area contributed by atoms with E-state index in [0.717, 1.165) is 44.8 Å². The third kappa shape index (κ3) is 2.74. The summed E-state index contributed by atoms with van der Waals surface area (Å²) in [6.45, 7) is 3.60. The summed E-state index contributed by atoms with van der Waals surface area (Å²) in [5.41, 5.74) is 8.27. The van der Waals surface area contributed by atoms with E-state index in [1.165, 1.54) is 11.1 Å². The minimum Gasteiger partial charge on any atom is -0.493 e. The molecule has 0 aliphatic carbocycles. The van der Waals surface area contributed by atoms with E-state index >= 15 is 0 Å². The Morgan fingerprint density at radius 1 is 1.38 bits per heavy atom. The maximum Gasteiger partial charge on any atom is 0.122 e. The second-order valence-corrected chi connectivity index (χ2v) is 4.38. The molecule has 1 aromatic carbocycles. The Morgan fingerprint density at radius 2 is 2.25 bits per heavy atom. The van der Waals surface area contributed by atoms with Gasteiger partial charge in [-0.3, -0.25) is 0 Å². The predicted octanol–water partition coefficient (Wildman–Crippen LogP) is 1.05. The predicted molar refractivity (Wildman–Crippen MR) is 65.9 cm³/mol. The van der Waals surface area contributed by atoms with E-state index in [1.54, 1.807) is 0 Å². The fourth-order valence-corrected chi connectivity index (χ4v) is 2.05. The van der Waals surface area contributed by atoms with Crippen LogP contribution >= 0.6 is 0 Å². The van der Waals surface area contributed by atoms with Crippen molar-refractivity contribution < 1.29 is 4.74 Å². The smallest absolute Gasteiger partial charge is 0.122 e. The minimum atomic E-state index is 0.731. The summed E-state index contributed by atoms with van der Waals surface area (Å²) in [7, 11) is 2.11. The third-order valence-corrected chi connectivity index (χ3v) is 3.05. The second-order valence-electron chi connectivity index (χ2n) is 4.38. The van der Waals surface area contributed by atoms with Crippen molar-refractivity contribution in [2.75, 3.05) is 33.3 Å². The zero-order valence-corrected chi connectivity index (χ0v) is 9.91. The molecule has 0 radical (unpaired) electrons. The van der Waals surface area contributed by atoms with Crippen LogP contribution in [0.1, 0.15) is 11.1 Å². The van der Waals surface area contributed by atoms with Crippen LogP contribution in [0.4, 0.5) is 0 Å². The molecule has 0 spiro atoms. The molecule has 2 rings (SSSR count). The van der Waals surface area contributed by atoms with E-state index < -0.39 is 0 Å². The average molecular weight is 220 g/mol. The standard InChI is InChI=1S/C13H20N2O/c1-15(8-6-14)7-4-11-2-3-13-12(10-11)5-9-16-13/h2-3,10H,4-9,14H2,1H3. The van der Waals surface area contributed by atoms with Gasteiger partial charge in [-0.25, -0.2) is 0 Å². The Morgan fingerprint density at radius 3 is 3.06 bits per heavy atom. The lowest BCUT2D eigenvalue weighted by molar-refractivity contribution is 0.348. The van der Waals surface area contributed by atoms with Crippen molar-refractivity contribution in [3.8, 4) is 5.75 Å². The number of benzene rings is 1. The Hall–Kier alpha value is -1.06. The van der Waals surface area contributed by atoms with Crippen LogP contribution < -0.4 is 10.5 Å². The van der Waals surface area contributed by atoms with Gasteiger partial charge in [0, 0.05) is 26.1 Å². The number of rotatable bonds is 5. The molecule has 16 heavy (non-hydrogen) atoms. The number of fused-ring (bicyclic) bond motifs is 1. The van der Waals surface area contributed by atoms with Crippen molar-refractivity contribution in [3.05, 3.63) is 29.3 Å². The quantitative estimate of drug-likeness (QED) is 0.806. The van der Waals surface area contributed by atoms with E-state index in [2.05, 4.69) is 30.1 Å². The van der Waals surface area contributed by atoms with Gasteiger partial charge in [-0.05, 0) is 30.7 Å². The number of ether oxygens (including phenoxy) is 1. The number of hydrogen-bond donors (Lipinski definition) is 1. The van der Waals surface area contributed by atoms with Crippen LogP contribution in [-0.2, 0) is 12.8 Å². The molecular weight excluding hydrogens is 200 g/mol. The van der Waals surface area contributed by atoms with E-state index in [-0.39, 0.29) is 0 Å². The molecular formula is C13H20N2O. The first kappa shape index (κ1) is 11.4. The monoisotopic (exact) mass is 220 g/mol. The lowest BCUT2D eigenvalue weighted by atomic mass is 10.1. The van der Waals surface area contributed by atoms with Crippen LogP contribution in [-0.4, -0.2) is 38.2 Å². The van der Waals surface area contributed by atoms with Crippen molar-refractivity contribution in [3.63, 3.8) is 0 Å². The molecule has 1 aliphatic heterocycles. The van der Waals surface area contributed by atoms with Crippen LogP contribution in [0.15, 0.2) is 18.2 Å². The van der Waals surface area contributed by atoms with E-state index in [4.69, 9.17) is 10.5 Å². The summed E-state index contributed by atoms with van der Waals surface area (Å²) >= 11 is 0. The molecule has 0 fully saturated rings. The molecule has 0 saturated heterocycles. The first-order valence-corrected chi connectivity index (χ1v) is 5.93. The lowest BCUT2D eigenvalue weighted by Gasteiger charge is -2.15. The fraction of sp³-hybridized carbons (Fsp3) is 0.538. The summed E-state index contributed by atoms with van der Waals surface area (Å²) in [5.74, 6) is 1.07. The maximum absolute atomic E-state index is 5.51. The van der Waals surface area contributed by atoms with Gasteiger partial charge in [0.15, 0.2) is 0 Å². The summed E-state index contributed by atoms with van der Waals surface area (Å²) < 4.78 is 5.49. The van der Waals surface area contributed by atoms with Gasteiger partial charge >= 0.3 is 0 Å². The molecule has 1 heterocycles. The summed E-state index contributed by atoms with van der Waals surface area (Å²) in [5, 5.41) is 0. The Balaban J connectivity index is 1.90. The molecule has 0 amide bonds. The number of nitrogens with zero attached hydrogens (tertiary/aromatic N) is 1. The highest BCUT2D eigenvalue weighted by atomic mass is 16.5. The minimum absolute atomic E-state index is 0.731. The SMILES string of the molecule is CN(CCN)CCc1ccc2c(c1)CCO2. The first-order chi connectivity index (χ1) is 7.79. The molecule has 88 valence electrons. The van der Waals surface area contributed by atoms with Crippen molar-refractivity contribution in [1.29, 1.82) is 0 Å². The fourth-order valence-electron chi connectivity index (χ4n) is 2.05. The highest BCUT2D eigenvalue weighted by Gasteiger charge is 2.11. The van der Waals surface area contributed by atoms with Crippen LogP contribution in [0, 0.1) is 0 Å². The normalized spacial score (nSPS) is 13.9. The molecule has 0 saturated carbocycles. The molecule has 0 unspecified atom stereocenters. The number of hydrogen-bond acceptors (Lipinski definition) is 3. The lowest BCUT2D eigenvalue weighted by Crippen LogP contribution is -2.27. The highest BCUT2D eigenvalue weighted by Crippen LogP contribution is 2.25. The van der Waals surface area contributed by atoms with Gasteiger partial charge in [0.05, 0.1) is 6.61 Å². The molecule has 1 aliphatic rings. The molecule has 0 bridgehead atoms. The molecule has 0 atom stereocenters. The van der Waals surface area contributed by atoms with Gasteiger partial charge in [-0.1, -0.05) is 12.1 Å². The van der Waals surface area contributed by atoms with Crippen molar-refractivity contribution in [1.82, 2.24) is 4.90 Å².